The summed E-state index contributed by atoms with van der Waals surface area (Å²) in [6, 6.07) is 13.2. The van der Waals surface area contributed by atoms with Gasteiger partial charge in [0, 0.05) is 11.1 Å². The molecule has 1 heterocycles. The summed E-state index contributed by atoms with van der Waals surface area (Å²) in [4.78, 5) is 4.60. The second kappa shape index (κ2) is 4.92. The van der Waals surface area contributed by atoms with Crippen LogP contribution in [0.4, 0.5) is 0 Å². The predicted octanol–water partition coefficient (Wildman–Crippen LogP) is 4.86. The second-order valence-electron chi connectivity index (χ2n) is 5.74. The standard InChI is InChI=1S/C18H17NO2/c20-14-10-8-13(9-11-14)18-19-16-7-3-6-15(17(16)21-18)12-4-1-2-5-12/h3,6-12,20H,1-2,4-5H2. The molecule has 21 heavy (non-hydrogen) atoms. The number of phenols is 1. The Morgan fingerprint density at radius 1 is 1.00 bits per heavy atom. The lowest BCUT2D eigenvalue weighted by Gasteiger charge is -2.08. The second-order valence-corrected chi connectivity index (χ2v) is 5.74. The van der Waals surface area contributed by atoms with Crippen molar-refractivity contribution in [1.82, 2.24) is 4.98 Å². The molecule has 1 aliphatic carbocycles. The summed E-state index contributed by atoms with van der Waals surface area (Å²) in [6.45, 7) is 0. The van der Waals surface area contributed by atoms with Crippen LogP contribution >= 0.6 is 0 Å². The Morgan fingerprint density at radius 2 is 1.76 bits per heavy atom. The average Bonchev–Trinajstić information content (AvgIpc) is 3.17. The van der Waals surface area contributed by atoms with E-state index in [-0.39, 0.29) is 5.75 Å². The molecular formula is C18H17NO2. The Kier molecular flexibility index (Phi) is 2.92. The molecule has 0 unspecified atom stereocenters. The molecule has 106 valence electrons. The molecule has 3 heteroatoms. The molecule has 0 aliphatic heterocycles. The molecule has 3 aromatic rings. The van der Waals surface area contributed by atoms with Gasteiger partial charge in [-0.3, -0.25) is 0 Å². The first-order valence-corrected chi connectivity index (χ1v) is 7.50. The number of fused-ring (bicyclic) bond motifs is 1. The van der Waals surface area contributed by atoms with Crippen LogP contribution in [0.1, 0.15) is 37.2 Å². The highest BCUT2D eigenvalue weighted by atomic mass is 16.3. The van der Waals surface area contributed by atoms with Crippen molar-refractivity contribution in [3.8, 4) is 17.2 Å². The van der Waals surface area contributed by atoms with Gasteiger partial charge in [0.25, 0.3) is 0 Å². The molecule has 1 aliphatic rings. The van der Waals surface area contributed by atoms with Crippen molar-refractivity contribution >= 4 is 11.1 Å². The zero-order valence-corrected chi connectivity index (χ0v) is 11.7. The number of rotatable bonds is 2. The first-order valence-electron chi connectivity index (χ1n) is 7.50. The molecule has 3 nitrogen and oxygen atoms in total. The van der Waals surface area contributed by atoms with Gasteiger partial charge in [-0.1, -0.05) is 25.0 Å². The quantitative estimate of drug-likeness (QED) is 0.728. The molecular weight excluding hydrogens is 262 g/mol. The van der Waals surface area contributed by atoms with Crippen LogP contribution in [0.2, 0.25) is 0 Å². The third-order valence-electron chi connectivity index (χ3n) is 4.35. The monoisotopic (exact) mass is 279 g/mol. The third-order valence-corrected chi connectivity index (χ3v) is 4.35. The fourth-order valence-corrected chi connectivity index (χ4v) is 3.26. The summed E-state index contributed by atoms with van der Waals surface area (Å²) in [6.07, 6.45) is 5.10. The Balaban J connectivity index is 1.82. The molecule has 1 N–H and O–H groups in total. The lowest BCUT2D eigenvalue weighted by Crippen LogP contribution is -1.92. The zero-order chi connectivity index (χ0) is 14.2. The van der Waals surface area contributed by atoms with Crippen LogP contribution in [0.25, 0.3) is 22.6 Å². The lowest BCUT2D eigenvalue weighted by atomic mass is 9.97. The van der Waals surface area contributed by atoms with E-state index in [0.717, 1.165) is 16.7 Å². The Bertz CT molecular complexity index is 768. The Morgan fingerprint density at radius 3 is 2.52 bits per heavy atom. The summed E-state index contributed by atoms with van der Waals surface area (Å²) in [5.41, 5.74) is 4.03. The molecule has 0 amide bonds. The van der Waals surface area contributed by atoms with E-state index in [0.29, 0.717) is 11.8 Å². The van der Waals surface area contributed by atoms with Crippen LogP contribution in [-0.4, -0.2) is 10.1 Å². The molecule has 1 aromatic heterocycles. The van der Waals surface area contributed by atoms with Gasteiger partial charge in [-0.2, -0.15) is 0 Å². The van der Waals surface area contributed by atoms with Gasteiger partial charge < -0.3 is 9.52 Å². The number of benzene rings is 2. The first-order chi connectivity index (χ1) is 10.3. The van der Waals surface area contributed by atoms with Gasteiger partial charge >= 0.3 is 0 Å². The van der Waals surface area contributed by atoms with Crippen LogP contribution in [0, 0.1) is 0 Å². The highest BCUT2D eigenvalue weighted by Gasteiger charge is 2.21. The van der Waals surface area contributed by atoms with Crippen molar-refractivity contribution in [2.24, 2.45) is 0 Å². The Hall–Kier alpha value is -2.29. The molecule has 2 aromatic carbocycles. The Labute approximate surface area is 123 Å². The maximum Gasteiger partial charge on any atom is 0.227 e. The summed E-state index contributed by atoms with van der Waals surface area (Å²) < 4.78 is 6.04. The lowest BCUT2D eigenvalue weighted by molar-refractivity contribution is 0.475. The van der Waals surface area contributed by atoms with Crippen molar-refractivity contribution in [2.45, 2.75) is 31.6 Å². The van der Waals surface area contributed by atoms with Gasteiger partial charge in [0.05, 0.1) is 0 Å². The van der Waals surface area contributed by atoms with E-state index in [1.54, 1.807) is 12.1 Å². The van der Waals surface area contributed by atoms with E-state index in [1.807, 2.05) is 18.2 Å². The molecule has 1 fully saturated rings. The van der Waals surface area contributed by atoms with Crippen molar-refractivity contribution in [1.29, 1.82) is 0 Å². The highest BCUT2D eigenvalue weighted by Crippen LogP contribution is 2.38. The van der Waals surface area contributed by atoms with Crippen molar-refractivity contribution in [3.63, 3.8) is 0 Å². The van der Waals surface area contributed by atoms with Crippen LogP contribution in [0.5, 0.6) is 5.75 Å². The highest BCUT2D eigenvalue weighted by molar-refractivity contribution is 5.80. The predicted molar refractivity (Wildman–Crippen MR) is 82.3 cm³/mol. The van der Waals surface area contributed by atoms with Crippen LogP contribution in [-0.2, 0) is 0 Å². The maximum absolute atomic E-state index is 9.38. The van der Waals surface area contributed by atoms with Gasteiger partial charge in [0.1, 0.15) is 11.3 Å². The number of oxazole rings is 1. The third kappa shape index (κ3) is 2.19. The SMILES string of the molecule is Oc1ccc(-c2nc3cccc(C4CCCC4)c3o2)cc1. The molecule has 1 saturated carbocycles. The largest absolute Gasteiger partial charge is 0.508 e. The van der Waals surface area contributed by atoms with Crippen LogP contribution in [0.3, 0.4) is 0 Å². The van der Waals surface area contributed by atoms with Crippen LogP contribution in [0.15, 0.2) is 46.9 Å². The van der Waals surface area contributed by atoms with Crippen molar-refractivity contribution in [2.75, 3.05) is 0 Å². The van der Waals surface area contributed by atoms with Crippen LogP contribution < -0.4 is 0 Å². The fraction of sp³-hybridized carbons (Fsp3) is 0.278. The minimum atomic E-state index is 0.251. The molecule has 0 spiro atoms. The molecule has 0 radical (unpaired) electrons. The van der Waals surface area contributed by atoms with Gasteiger partial charge in [-0.25, -0.2) is 4.98 Å². The van der Waals surface area contributed by atoms with Crippen molar-refractivity contribution < 1.29 is 9.52 Å². The van der Waals surface area contributed by atoms with E-state index in [2.05, 4.69) is 17.1 Å². The number of hydrogen-bond acceptors (Lipinski definition) is 3. The van der Waals surface area contributed by atoms with Gasteiger partial charge in [-0.15, -0.1) is 0 Å². The van der Waals surface area contributed by atoms with E-state index in [9.17, 15) is 5.11 Å². The van der Waals surface area contributed by atoms with Crippen molar-refractivity contribution in [3.05, 3.63) is 48.0 Å². The molecule has 0 bridgehead atoms. The zero-order valence-electron chi connectivity index (χ0n) is 11.7. The number of phenolic OH excluding ortho intramolecular Hbond substituents is 1. The summed E-state index contributed by atoms with van der Waals surface area (Å²) in [5.74, 6) is 1.48. The van der Waals surface area contributed by atoms with E-state index >= 15 is 0 Å². The minimum absolute atomic E-state index is 0.251. The van der Waals surface area contributed by atoms with Gasteiger partial charge in [-0.05, 0) is 49.1 Å². The molecule has 0 saturated heterocycles. The smallest absolute Gasteiger partial charge is 0.227 e. The minimum Gasteiger partial charge on any atom is -0.508 e. The molecule has 4 rings (SSSR count). The fourth-order valence-electron chi connectivity index (χ4n) is 3.26. The molecule has 0 atom stereocenters. The van der Waals surface area contributed by atoms with E-state index < -0.39 is 0 Å². The average molecular weight is 279 g/mol. The summed E-state index contributed by atoms with van der Waals surface area (Å²) in [5, 5.41) is 9.38. The van der Waals surface area contributed by atoms with E-state index in [4.69, 9.17) is 4.42 Å². The number of para-hydroxylation sites is 1. The van der Waals surface area contributed by atoms with Gasteiger partial charge in [0.2, 0.25) is 5.89 Å². The number of nitrogens with zero attached hydrogens (tertiary/aromatic N) is 1. The number of aromatic hydroxyl groups is 1. The summed E-state index contributed by atoms with van der Waals surface area (Å²) >= 11 is 0. The van der Waals surface area contributed by atoms with E-state index in [1.165, 1.54) is 31.2 Å². The first kappa shape index (κ1) is 12.5. The van der Waals surface area contributed by atoms with Gasteiger partial charge in [0.15, 0.2) is 5.58 Å². The number of aromatic nitrogens is 1. The number of hydrogen-bond donors (Lipinski definition) is 1. The summed E-state index contributed by atoms with van der Waals surface area (Å²) in [7, 11) is 0. The topological polar surface area (TPSA) is 46.3 Å². The maximum atomic E-state index is 9.38. The normalized spacial score (nSPS) is 15.8.